The van der Waals surface area contributed by atoms with Crippen LogP contribution in [0.1, 0.15) is 20.8 Å². The standard InChI is InChI=1S/C7H13N3O2S/c1-4-12-10-6(11)8-9-7(10)13-5(2)3/h5H,4H2,1-3H3,(H,8,11). The average Bonchev–Trinajstić information content (AvgIpc) is 2.35. The Morgan fingerprint density at radius 1 is 1.69 bits per heavy atom. The van der Waals surface area contributed by atoms with Gasteiger partial charge in [0.25, 0.3) is 0 Å². The zero-order valence-electron chi connectivity index (χ0n) is 7.90. The first-order valence-electron chi connectivity index (χ1n) is 4.12. The molecule has 0 aliphatic heterocycles. The number of thioether (sulfide) groups is 1. The lowest BCUT2D eigenvalue weighted by molar-refractivity contribution is 0.0940. The van der Waals surface area contributed by atoms with Gasteiger partial charge in [-0.2, -0.15) is 0 Å². The molecule has 1 aromatic rings. The van der Waals surface area contributed by atoms with Gasteiger partial charge in [-0.05, 0) is 6.92 Å². The van der Waals surface area contributed by atoms with Crippen molar-refractivity contribution in [3.63, 3.8) is 0 Å². The Kier molecular flexibility index (Phi) is 3.41. The number of nitrogens with zero attached hydrogens (tertiary/aromatic N) is 2. The lowest BCUT2D eigenvalue weighted by atomic mass is 10.6. The smallest absolute Gasteiger partial charge is 0.377 e. The van der Waals surface area contributed by atoms with Crippen LogP contribution < -0.4 is 10.5 Å². The van der Waals surface area contributed by atoms with Crippen LogP contribution in [0.5, 0.6) is 0 Å². The summed E-state index contributed by atoms with van der Waals surface area (Å²) in [6.07, 6.45) is 0. The molecule has 0 atom stereocenters. The number of hydrogen-bond donors (Lipinski definition) is 1. The van der Waals surface area contributed by atoms with E-state index in [4.69, 9.17) is 4.84 Å². The average molecular weight is 203 g/mol. The maximum Gasteiger partial charge on any atom is 0.377 e. The van der Waals surface area contributed by atoms with E-state index in [1.807, 2.05) is 20.8 Å². The Balaban J connectivity index is 2.87. The molecule has 0 radical (unpaired) electrons. The van der Waals surface area contributed by atoms with Gasteiger partial charge in [0.2, 0.25) is 5.16 Å². The number of aromatic amines is 1. The number of H-pyrrole nitrogens is 1. The van der Waals surface area contributed by atoms with Crippen LogP contribution in [0, 0.1) is 0 Å². The topological polar surface area (TPSA) is 59.9 Å². The monoisotopic (exact) mass is 203 g/mol. The number of hydrogen-bond acceptors (Lipinski definition) is 4. The summed E-state index contributed by atoms with van der Waals surface area (Å²) < 4.78 is 1.19. The molecule has 0 amide bonds. The summed E-state index contributed by atoms with van der Waals surface area (Å²) in [6.45, 7) is 6.33. The van der Waals surface area contributed by atoms with Gasteiger partial charge < -0.3 is 4.84 Å². The van der Waals surface area contributed by atoms with Crippen molar-refractivity contribution in [3.8, 4) is 0 Å². The molecule has 0 aromatic carbocycles. The van der Waals surface area contributed by atoms with Gasteiger partial charge in [0, 0.05) is 5.25 Å². The second kappa shape index (κ2) is 4.36. The molecular formula is C7H13N3O2S. The minimum absolute atomic E-state index is 0.329. The maximum absolute atomic E-state index is 11.1. The molecule has 1 aromatic heterocycles. The molecule has 5 nitrogen and oxygen atoms in total. The Bertz CT molecular complexity index is 318. The predicted octanol–water partition coefficient (Wildman–Crippen LogP) is 0.520. The Labute approximate surface area is 80.4 Å². The van der Waals surface area contributed by atoms with Crippen LogP contribution in [-0.4, -0.2) is 26.8 Å². The fraction of sp³-hybridized carbons (Fsp3) is 0.714. The zero-order valence-corrected chi connectivity index (χ0v) is 8.72. The Morgan fingerprint density at radius 2 is 2.38 bits per heavy atom. The van der Waals surface area contributed by atoms with Crippen molar-refractivity contribution >= 4 is 11.8 Å². The molecule has 0 saturated heterocycles. The molecule has 1 rings (SSSR count). The molecule has 0 aliphatic rings. The third-order valence-corrected chi connectivity index (χ3v) is 2.14. The summed E-state index contributed by atoms with van der Waals surface area (Å²) in [4.78, 5) is 16.2. The largest absolute Gasteiger partial charge is 0.407 e. The van der Waals surface area contributed by atoms with Crippen molar-refractivity contribution in [1.82, 2.24) is 14.9 Å². The molecule has 0 unspecified atom stereocenters. The summed E-state index contributed by atoms with van der Waals surface area (Å²) in [5.41, 5.74) is -0.329. The molecule has 13 heavy (non-hydrogen) atoms. The van der Waals surface area contributed by atoms with Crippen LogP contribution in [0.4, 0.5) is 0 Å². The van der Waals surface area contributed by atoms with E-state index in [2.05, 4.69) is 10.2 Å². The van der Waals surface area contributed by atoms with Crippen LogP contribution in [0.3, 0.4) is 0 Å². The summed E-state index contributed by atoms with van der Waals surface area (Å²) in [5, 5.41) is 7.12. The summed E-state index contributed by atoms with van der Waals surface area (Å²) in [6, 6.07) is 0. The van der Waals surface area contributed by atoms with Gasteiger partial charge in [0.15, 0.2) is 0 Å². The fourth-order valence-electron chi connectivity index (χ4n) is 0.801. The van der Waals surface area contributed by atoms with Crippen molar-refractivity contribution in [2.24, 2.45) is 0 Å². The highest BCUT2D eigenvalue weighted by molar-refractivity contribution is 7.99. The number of aromatic nitrogens is 3. The van der Waals surface area contributed by atoms with E-state index in [1.165, 1.54) is 16.5 Å². The van der Waals surface area contributed by atoms with E-state index in [-0.39, 0.29) is 5.69 Å². The van der Waals surface area contributed by atoms with E-state index < -0.39 is 0 Å². The van der Waals surface area contributed by atoms with Crippen LogP contribution in [-0.2, 0) is 0 Å². The van der Waals surface area contributed by atoms with Gasteiger partial charge in [-0.25, -0.2) is 9.89 Å². The number of nitrogens with one attached hydrogen (secondary N) is 1. The SMILES string of the molecule is CCOn1c(SC(C)C)n[nH]c1=O. The molecule has 0 fully saturated rings. The highest BCUT2D eigenvalue weighted by Crippen LogP contribution is 2.17. The van der Waals surface area contributed by atoms with Gasteiger partial charge in [0.05, 0.1) is 0 Å². The Hall–Kier alpha value is -0.910. The van der Waals surface area contributed by atoms with Gasteiger partial charge in [-0.15, -0.1) is 9.83 Å². The Morgan fingerprint density at radius 3 is 2.92 bits per heavy atom. The summed E-state index contributed by atoms with van der Waals surface area (Å²) >= 11 is 1.48. The third kappa shape index (κ3) is 2.51. The van der Waals surface area contributed by atoms with Gasteiger partial charge in [-0.1, -0.05) is 25.6 Å². The second-order valence-electron chi connectivity index (χ2n) is 2.69. The minimum atomic E-state index is -0.329. The summed E-state index contributed by atoms with van der Waals surface area (Å²) in [5.74, 6) is 0. The van der Waals surface area contributed by atoms with E-state index in [1.54, 1.807) is 0 Å². The lowest BCUT2D eigenvalue weighted by Crippen LogP contribution is -2.25. The van der Waals surface area contributed by atoms with Crippen LogP contribution in [0.25, 0.3) is 0 Å². The third-order valence-electron chi connectivity index (χ3n) is 1.20. The first kappa shape index (κ1) is 10.2. The van der Waals surface area contributed by atoms with Crippen molar-refractivity contribution < 1.29 is 4.84 Å². The van der Waals surface area contributed by atoms with Crippen LogP contribution in [0.15, 0.2) is 9.95 Å². The second-order valence-corrected chi connectivity index (χ2v) is 4.23. The van der Waals surface area contributed by atoms with E-state index in [0.717, 1.165) is 0 Å². The normalized spacial score (nSPS) is 10.8. The molecular weight excluding hydrogens is 190 g/mol. The highest BCUT2D eigenvalue weighted by Gasteiger charge is 2.10. The van der Waals surface area contributed by atoms with Gasteiger partial charge in [-0.3, -0.25) is 0 Å². The quantitative estimate of drug-likeness (QED) is 0.725. The number of rotatable bonds is 4. The van der Waals surface area contributed by atoms with Crippen molar-refractivity contribution in [3.05, 3.63) is 10.5 Å². The molecule has 1 N–H and O–H groups in total. The van der Waals surface area contributed by atoms with E-state index in [0.29, 0.717) is 17.0 Å². The predicted molar refractivity (Wildman–Crippen MR) is 51.0 cm³/mol. The van der Waals surface area contributed by atoms with Crippen molar-refractivity contribution in [2.45, 2.75) is 31.2 Å². The first-order chi connectivity index (χ1) is 6.15. The molecule has 1 heterocycles. The van der Waals surface area contributed by atoms with E-state index in [9.17, 15) is 4.79 Å². The zero-order chi connectivity index (χ0) is 9.84. The van der Waals surface area contributed by atoms with E-state index >= 15 is 0 Å². The van der Waals surface area contributed by atoms with Gasteiger partial charge in [0.1, 0.15) is 6.61 Å². The minimum Gasteiger partial charge on any atom is -0.407 e. The first-order valence-corrected chi connectivity index (χ1v) is 5.00. The molecule has 0 saturated carbocycles. The van der Waals surface area contributed by atoms with Crippen molar-refractivity contribution in [1.29, 1.82) is 0 Å². The fourth-order valence-corrected chi connectivity index (χ4v) is 1.55. The molecule has 0 spiro atoms. The maximum atomic E-state index is 11.1. The molecule has 74 valence electrons. The molecule has 0 bridgehead atoms. The summed E-state index contributed by atoms with van der Waals surface area (Å²) in [7, 11) is 0. The molecule has 0 aliphatic carbocycles. The lowest BCUT2D eigenvalue weighted by Gasteiger charge is -2.05. The highest BCUT2D eigenvalue weighted by atomic mass is 32.2. The van der Waals surface area contributed by atoms with Crippen LogP contribution in [0.2, 0.25) is 0 Å². The van der Waals surface area contributed by atoms with Crippen LogP contribution >= 0.6 is 11.8 Å². The molecule has 6 heteroatoms. The van der Waals surface area contributed by atoms with Crippen molar-refractivity contribution in [2.75, 3.05) is 6.61 Å². The van der Waals surface area contributed by atoms with Gasteiger partial charge >= 0.3 is 5.69 Å².